The lowest BCUT2D eigenvalue weighted by molar-refractivity contribution is -0.207. The van der Waals surface area contributed by atoms with Crippen LogP contribution in [0.25, 0.3) is 0 Å². The van der Waals surface area contributed by atoms with Crippen LogP contribution in [0.2, 0.25) is 0 Å². The molecule has 0 saturated carbocycles. The molecule has 1 aliphatic rings. The largest absolute Gasteiger partial charge is 0.390 e. The maximum Gasteiger partial charge on any atom is 0.328 e. The van der Waals surface area contributed by atoms with E-state index >= 15 is 0 Å². The van der Waals surface area contributed by atoms with Gasteiger partial charge in [0.15, 0.2) is 18.1 Å². The van der Waals surface area contributed by atoms with Gasteiger partial charge in [-0.2, -0.15) is 0 Å². The third-order valence-corrected chi connectivity index (χ3v) is 3.48. The molecule has 21 heavy (non-hydrogen) atoms. The topological polar surface area (TPSA) is 87.5 Å². The molecule has 4 atom stereocenters. The van der Waals surface area contributed by atoms with Crippen molar-refractivity contribution in [2.45, 2.75) is 23.9 Å². The smallest absolute Gasteiger partial charge is 0.328 e. The van der Waals surface area contributed by atoms with Crippen molar-refractivity contribution in [3.05, 3.63) is 27.1 Å². The number of aliphatic hydroxyl groups excluding tert-OH is 2. The molecule has 0 aliphatic carbocycles. The van der Waals surface area contributed by atoms with Gasteiger partial charge in [0.25, 0.3) is 5.85 Å². The van der Waals surface area contributed by atoms with Crippen molar-refractivity contribution in [3.63, 3.8) is 0 Å². The van der Waals surface area contributed by atoms with Gasteiger partial charge < -0.3 is 14.9 Å². The van der Waals surface area contributed by atoms with E-state index in [-0.39, 0.29) is 4.57 Å². The molecule has 0 amide bonds. The van der Waals surface area contributed by atoms with Crippen LogP contribution in [0.5, 0.6) is 0 Å². The zero-order chi connectivity index (χ0) is 16.0. The van der Waals surface area contributed by atoms with Gasteiger partial charge in [-0.15, -0.1) is 0 Å². The first-order valence-corrected chi connectivity index (χ1v) is 6.02. The normalized spacial score (nSPS) is 36.1. The van der Waals surface area contributed by atoms with Gasteiger partial charge >= 0.3 is 5.69 Å². The minimum Gasteiger partial charge on any atom is -0.390 e. The van der Waals surface area contributed by atoms with E-state index in [0.29, 0.717) is 6.20 Å². The number of ether oxygens (including phenoxy) is 1. The van der Waals surface area contributed by atoms with Gasteiger partial charge in [0.05, 0.1) is 6.20 Å². The number of aliphatic hydroxyl groups is 2. The number of H-pyrrole nitrogens is 1. The van der Waals surface area contributed by atoms with Crippen LogP contribution in [0.15, 0.2) is 11.0 Å². The number of rotatable bonds is 3. The Morgan fingerprint density at radius 1 is 1.52 bits per heavy atom. The molecule has 0 bridgehead atoms. The summed E-state index contributed by atoms with van der Waals surface area (Å²) in [4.78, 5) is 13.4. The lowest BCUT2D eigenvalue weighted by atomic mass is 9.96. The maximum absolute atomic E-state index is 14.5. The summed E-state index contributed by atoms with van der Waals surface area (Å²) in [6.07, 6.45) is -4.65. The van der Waals surface area contributed by atoms with Crippen molar-refractivity contribution in [3.8, 4) is 0 Å². The molecule has 0 aromatic carbocycles. The lowest BCUT2D eigenvalue weighted by Crippen LogP contribution is -2.50. The molecule has 2 rings (SSSR count). The van der Waals surface area contributed by atoms with Crippen molar-refractivity contribution in [2.24, 2.45) is 0 Å². The highest BCUT2D eigenvalue weighted by Crippen LogP contribution is 2.47. The minimum atomic E-state index is -3.40. The van der Waals surface area contributed by atoms with Crippen molar-refractivity contribution in [1.82, 2.24) is 9.55 Å². The van der Waals surface area contributed by atoms with Crippen LogP contribution >= 0.6 is 12.2 Å². The Morgan fingerprint density at radius 2 is 2.14 bits per heavy atom. The standard InChI is InChI=1S/C10H10F4N2O4S/c11-2-9(13)6(18)10(14,3-17)20-7(9)16-1-4(12)5(21)15-8(16)19/h1,6-7,17-18H,2-3H2,(H,15,19,21)/t6?,7-,9-,10-/m1/s1. The summed E-state index contributed by atoms with van der Waals surface area (Å²) >= 11 is 4.44. The number of halogens is 4. The van der Waals surface area contributed by atoms with Crippen molar-refractivity contribution >= 4 is 12.2 Å². The average molecular weight is 330 g/mol. The first-order chi connectivity index (χ1) is 9.69. The van der Waals surface area contributed by atoms with Crippen molar-refractivity contribution in [2.75, 3.05) is 13.3 Å². The second-order valence-electron chi connectivity index (χ2n) is 4.52. The van der Waals surface area contributed by atoms with Gasteiger partial charge in [0.1, 0.15) is 17.9 Å². The van der Waals surface area contributed by atoms with Gasteiger partial charge in [-0.3, -0.25) is 9.55 Å². The molecule has 1 aliphatic heterocycles. The van der Waals surface area contributed by atoms with Crippen LogP contribution in [0, 0.1) is 10.5 Å². The summed E-state index contributed by atoms with van der Waals surface area (Å²) in [5, 5.41) is 18.3. The van der Waals surface area contributed by atoms with E-state index in [4.69, 9.17) is 5.11 Å². The van der Waals surface area contributed by atoms with Crippen LogP contribution < -0.4 is 5.69 Å². The number of nitrogens with zero attached hydrogens (tertiary/aromatic N) is 1. The zero-order valence-electron chi connectivity index (χ0n) is 10.2. The molecule has 1 fully saturated rings. The van der Waals surface area contributed by atoms with E-state index < -0.39 is 53.3 Å². The molecule has 0 spiro atoms. The Morgan fingerprint density at radius 3 is 2.67 bits per heavy atom. The summed E-state index contributed by atoms with van der Waals surface area (Å²) in [7, 11) is 0. The van der Waals surface area contributed by atoms with E-state index in [1.54, 1.807) is 0 Å². The van der Waals surface area contributed by atoms with Crippen LogP contribution in [0.1, 0.15) is 6.23 Å². The fourth-order valence-electron chi connectivity index (χ4n) is 2.03. The molecule has 11 heteroatoms. The Labute approximate surface area is 119 Å². The molecule has 3 N–H and O–H groups in total. The van der Waals surface area contributed by atoms with Crippen LogP contribution in [-0.2, 0) is 4.74 Å². The van der Waals surface area contributed by atoms with Gasteiger partial charge in [-0.05, 0) is 0 Å². The molecule has 1 aromatic rings. The molecular formula is C10H10F4N2O4S. The summed E-state index contributed by atoms with van der Waals surface area (Å²) in [5.74, 6) is -4.50. The molecule has 0 radical (unpaired) electrons. The summed E-state index contributed by atoms with van der Waals surface area (Å²) in [6.45, 7) is -3.43. The average Bonchev–Trinajstić information content (AvgIpc) is 2.66. The van der Waals surface area contributed by atoms with E-state index in [0.717, 1.165) is 0 Å². The first kappa shape index (κ1) is 16.1. The van der Waals surface area contributed by atoms with Gasteiger partial charge in [0, 0.05) is 0 Å². The Hall–Kier alpha value is -1.30. The predicted octanol–water partition coefficient (Wildman–Crippen LogP) is 0.271. The molecule has 118 valence electrons. The van der Waals surface area contributed by atoms with Crippen LogP contribution in [-0.4, -0.2) is 50.7 Å². The van der Waals surface area contributed by atoms with Crippen LogP contribution in [0.4, 0.5) is 17.6 Å². The molecule has 2 heterocycles. The third-order valence-electron chi connectivity index (χ3n) is 3.18. The Kier molecular flexibility index (Phi) is 3.95. The molecule has 6 nitrogen and oxygen atoms in total. The van der Waals surface area contributed by atoms with Gasteiger partial charge in [0.2, 0.25) is 5.67 Å². The molecular weight excluding hydrogens is 320 g/mol. The number of nitrogens with one attached hydrogen (secondary N) is 1. The lowest BCUT2D eigenvalue weighted by Gasteiger charge is -2.25. The van der Waals surface area contributed by atoms with E-state index in [2.05, 4.69) is 17.0 Å². The van der Waals surface area contributed by atoms with Gasteiger partial charge in [-0.25, -0.2) is 22.4 Å². The Bertz CT molecular complexity index is 667. The number of aromatic nitrogens is 2. The third kappa shape index (κ3) is 2.29. The SMILES string of the molecule is O=c1[nH]c(=S)c(F)cn1[C@@H]1O[C@](F)(CO)C(O)[C@]1(F)CF. The molecule has 1 saturated heterocycles. The van der Waals surface area contributed by atoms with Gasteiger partial charge in [-0.1, -0.05) is 12.2 Å². The zero-order valence-corrected chi connectivity index (χ0v) is 11.0. The number of hydrogen-bond acceptors (Lipinski definition) is 5. The summed E-state index contributed by atoms with van der Waals surface area (Å²) in [6, 6.07) is 0. The van der Waals surface area contributed by atoms with Crippen molar-refractivity contribution < 1.29 is 32.5 Å². The quantitative estimate of drug-likeness (QED) is 0.547. The number of aromatic amines is 1. The first-order valence-electron chi connectivity index (χ1n) is 5.61. The highest BCUT2D eigenvalue weighted by atomic mass is 32.1. The second kappa shape index (κ2) is 5.16. The van der Waals surface area contributed by atoms with E-state index in [1.807, 2.05) is 4.98 Å². The number of alkyl halides is 3. The monoisotopic (exact) mass is 330 g/mol. The summed E-state index contributed by atoms with van der Waals surface area (Å²) in [5.41, 5.74) is -4.60. The molecule has 1 unspecified atom stereocenters. The fraction of sp³-hybridized carbons (Fsp3) is 0.600. The minimum absolute atomic E-state index is 0.185. The Balaban J connectivity index is 2.60. The van der Waals surface area contributed by atoms with E-state index in [9.17, 15) is 27.5 Å². The number of hydrogen-bond donors (Lipinski definition) is 3. The maximum atomic E-state index is 14.5. The highest BCUT2D eigenvalue weighted by molar-refractivity contribution is 7.71. The second-order valence-corrected chi connectivity index (χ2v) is 4.93. The van der Waals surface area contributed by atoms with Crippen molar-refractivity contribution in [1.29, 1.82) is 0 Å². The predicted molar refractivity (Wildman–Crippen MR) is 62.7 cm³/mol. The molecule has 1 aromatic heterocycles. The fourth-order valence-corrected chi connectivity index (χ4v) is 2.17. The van der Waals surface area contributed by atoms with Crippen LogP contribution in [0.3, 0.4) is 0 Å². The highest BCUT2D eigenvalue weighted by Gasteiger charge is 2.67. The summed E-state index contributed by atoms with van der Waals surface area (Å²) < 4.78 is 58.8. The van der Waals surface area contributed by atoms with E-state index in [1.165, 1.54) is 0 Å².